The first-order chi connectivity index (χ1) is 13.3. The van der Waals surface area contributed by atoms with Crippen molar-refractivity contribution >= 4 is 17.4 Å². The minimum atomic E-state index is -1.01. The highest BCUT2D eigenvalue weighted by molar-refractivity contribution is 5.94. The van der Waals surface area contributed by atoms with E-state index in [0.29, 0.717) is 6.04 Å². The highest BCUT2D eigenvalue weighted by Crippen LogP contribution is 2.24. The van der Waals surface area contributed by atoms with Crippen molar-refractivity contribution in [2.75, 3.05) is 24.3 Å². The molecule has 0 atom stereocenters. The molecule has 3 rings (SSSR count). The van der Waals surface area contributed by atoms with Gasteiger partial charge in [0.05, 0.1) is 0 Å². The number of pyridine rings is 1. The number of carbonyl (C=O) groups is 1. The lowest BCUT2D eigenvalue weighted by atomic mass is 9.91. The Kier molecular flexibility index (Phi) is 6.11. The van der Waals surface area contributed by atoms with Gasteiger partial charge < -0.3 is 15.5 Å². The summed E-state index contributed by atoms with van der Waals surface area (Å²) < 4.78 is 26.3. The normalized spacial score (nSPS) is 19.2. The van der Waals surface area contributed by atoms with Gasteiger partial charge >= 0.3 is 0 Å². The molecule has 1 aromatic heterocycles. The van der Waals surface area contributed by atoms with E-state index in [9.17, 15) is 13.6 Å². The van der Waals surface area contributed by atoms with Gasteiger partial charge in [0.15, 0.2) is 11.6 Å². The lowest BCUT2D eigenvalue weighted by Gasteiger charge is -2.30. The van der Waals surface area contributed by atoms with Crippen LogP contribution in [-0.2, 0) is 0 Å². The highest BCUT2D eigenvalue weighted by Gasteiger charge is 2.23. The third-order valence-electron chi connectivity index (χ3n) is 5.05. The third-order valence-corrected chi connectivity index (χ3v) is 5.05. The van der Waals surface area contributed by atoms with E-state index >= 15 is 0 Å². The Balaban J connectivity index is 1.53. The topological polar surface area (TPSA) is 57.3 Å². The van der Waals surface area contributed by atoms with E-state index in [0.717, 1.165) is 55.0 Å². The van der Waals surface area contributed by atoms with Crippen LogP contribution in [-0.4, -0.2) is 37.1 Å². The van der Waals surface area contributed by atoms with E-state index in [2.05, 4.69) is 15.6 Å². The van der Waals surface area contributed by atoms with Gasteiger partial charge in [0.2, 0.25) is 0 Å². The van der Waals surface area contributed by atoms with Gasteiger partial charge in [-0.25, -0.2) is 13.8 Å². The van der Waals surface area contributed by atoms with Crippen LogP contribution in [0.15, 0.2) is 30.3 Å². The number of carbonyl (C=O) groups excluding carboxylic acids is 1. The standard InChI is InChI=1S/C21H26F2N4O/c1-13-10-17(27(2)3)12-20(24-13)25-15-5-7-16(8-6-15)26-21(28)14-4-9-18(22)19(23)11-14/h4,9-12,15-16H,5-8H2,1-3H3,(H,24,25)(H,26,28)/t15-,16+. The zero-order valence-corrected chi connectivity index (χ0v) is 16.4. The smallest absolute Gasteiger partial charge is 0.251 e. The molecule has 0 bridgehead atoms. The SMILES string of the molecule is Cc1cc(N(C)C)cc(N[C@H]2CC[C@@H](NC(=O)c3ccc(F)c(F)c3)CC2)n1. The molecule has 1 amide bonds. The molecular formula is C21H26F2N4O. The quantitative estimate of drug-likeness (QED) is 0.816. The number of rotatable bonds is 5. The van der Waals surface area contributed by atoms with Crippen molar-refractivity contribution in [3.05, 3.63) is 53.2 Å². The second-order valence-corrected chi connectivity index (χ2v) is 7.54. The number of nitrogens with one attached hydrogen (secondary N) is 2. The molecule has 1 heterocycles. The first-order valence-corrected chi connectivity index (χ1v) is 9.50. The molecule has 1 fully saturated rings. The molecule has 1 aliphatic carbocycles. The fraction of sp³-hybridized carbons (Fsp3) is 0.429. The zero-order chi connectivity index (χ0) is 20.3. The first kappa shape index (κ1) is 20.0. The summed E-state index contributed by atoms with van der Waals surface area (Å²) >= 11 is 0. The van der Waals surface area contributed by atoms with Gasteiger partial charge in [0.1, 0.15) is 5.82 Å². The Hall–Kier alpha value is -2.70. The minimum Gasteiger partial charge on any atom is -0.377 e. The maximum atomic E-state index is 13.3. The third kappa shape index (κ3) is 4.97. The molecule has 150 valence electrons. The largest absolute Gasteiger partial charge is 0.377 e. The van der Waals surface area contributed by atoms with Gasteiger partial charge in [0, 0.05) is 49.2 Å². The number of anilines is 2. The van der Waals surface area contributed by atoms with Crippen molar-refractivity contribution in [2.24, 2.45) is 0 Å². The molecule has 5 nitrogen and oxygen atoms in total. The van der Waals surface area contributed by atoms with Gasteiger partial charge in [-0.3, -0.25) is 4.79 Å². The monoisotopic (exact) mass is 388 g/mol. The van der Waals surface area contributed by atoms with Crippen LogP contribution < -0.4 is 15.5 Å². The Bertz CT molecular complexity index is 848. The van der Waals surface area contributed by atoms with Crippen molar-refractivity contribution in [2.45, 2.75) is 44.7 Å². The van der Waals surface area contributed by atoms with Gasteiger partial charge in [-0.15, -0.1) is 0 Å². The van der Waals surface area contributed by atoms with Crippen LogP contribution in [0.4, 0.5) is 20.3 Å². The van der Waals surface area contributed by atoms with Crippen molar-refractivity contribution in [3.63, 3.8) is 0 Å². The summed E-state index contributed by atoms with van der Waals surface area (Å²) in [7, 11) is 4.00. The second-order valence-electron chi connectivity index (χ2n) is 7.54. The lowest BCUT2D eigenvalue weighted by Crippen LogP contribution is -2.40. The van der Waals surface area contributed by atoms with Crippen molar-refractivity contribution in [1.29, 1.82) is 0 Å². The molecule has 1 saturated carbocycles. The van der Waals surface area contributed by atoms with Gasteiger partial charge in [-0.1, -0.05) is 0 Å². The van der Waals surface area contributed by atoms with E-state index < -0.39 is 11.6 Å². The fourth-order valence-electron chi connectivity index (χ4n) is 3.48. The molecule has 1 aliphatic rings. The number of hydrogen-bond donors (Lipinski definition) is 2. The summed E-state index contributed by atoms with van der Waals surface area (Å²) in [6.45, 7) is 1.98. The van der Waals surface area contributed by atoms with Crippen molar-refractivity contribution < 1.29 is 13.6 Å². The molecule has 0 radical (unpaired) electrons. The molecule has 7 heteroatoms. The summed E-state index contributed by atoms with van der Waals surface area (Å²) in [4.78, 5) is 18.9. The highest BCUT2D eigenvalue weighted by atomic mass is 19.2. The maximum Gasteiger partial charge on any atom is 0.251 e. The molecule has 28 heavy (non-hydrogen) atoms. The van der Waals surface area contributed by atoms with Crippen LogP contribution in [0.1, 0.15) is 41.7 Å². The molecule has 0 saturated heterocycles. The molecule has 2 N–H and O–H groups in total. The number of benzene rings is 1. The average molecular weight is 388 g/mol. The first-order valence-electron chi connectivity index (χ1n) is 9.50. The second kappa shape index (κ2) is 8.54. The van der Waals surface area contributed by atoms with E-state index in [4.69, 9.17) is 0 Å². The molecular weight excluding hydrogens is 362 g/mol. The van der Waals surface area contributed by atoms with Crippen molar-refractivity contribution in [3.8, 4) is 0 Å². The number of aryl methyl sites for hydroxylation is 1. The maximum absolute atomic E-state index is 13.3. The van der Waals surface area contributed by atoms with Crippen LogP contribution in [0.2, 0.25) is 0 Å². The van der Waals surface area contributed by atoms with E-state index in [1.165, 1.54) is 6.07 Å². The predicted molar refractivity (Wildman–Crippen MR) is 107 cm³/mol. The lowest BCUT2D eigenvalue weighted by molar-refractivity contribution is 0.0926. The van der Waals surface area contributed by atoms with Gasteiger partial charge in [-0.2, -0.15) is 0 Å². The fourth-order valence-corrected chi connectivity index (χ4v) is 3.48. The summed E-state index contributed by atoms with van der Waals surface area (Å²) in [5, 5.41) is 6.42. The van der Waals surface area contributed by atoms with E-state index in [-0.39, 0.29) is 17.5 Å². The number of halogens is 2. The Morgan fingerprint density at radius 1 is 1.04 bits per heavy atom. The van der Waals surface area contributed by atoms with Crippen LogP contribution in [0.25, 0.3) is 0 Å². The summed E-state index contributed by atoms with van der Waals surface area (Å²) in [6, 6.07) is 7.60. The molecule has 2 aromatic rings. The van der Waals surface area contributed by atoms with Crippen LogP contribution in [0, 0.1) is 18.6 Å². The molecule has 1 aromatic carbocycles. The number of aromatic nitrogens is 1. The predicted octanol–water partition coefficient (Wildman–Crippen LogP) is 3.89. The summed E-state index contributed by atoms with van der Waals surface area (Å²) in [6.07, 6.45) is 3.43. The number of nitrogens with zero attached hydrogens (tertiary/aromatic N) is 2. The zero-order valence-electron chi connectivity index (χ0n) is 16.4. The molecule has 0 aliphatic heterocycles. The average Bonchev–Trinajstić information content (AvgIpc) is 2.65. The Labute approximate surface area is 164 Å². The molecule has 0 spiro atoms. The molecule has 0 unspecified atom stereocenters. The van der Waals surface area contributed by atoms with Crippen LogP contribution >= 0.6 is 0 Å². The Morgan fingerprint density at radius 2 is 1.71 bits per heavy atom. The number of amides is 1. The van der Waals surface area contributed by atoms with Crippen molar-refractivity contribution in [1.82, 2.24) is 10.3 Å². The van der Waals surface area contributed by atoms with Crippen LogP contribution in [0.5, 0.6) is 0 Å². The summed E-state index contributed by atoms with van der Waals surface area (Å²) in [5.74, 6) is -1.47. The van der Waals surface area contributed by atoms with E-state index in [1.807, 2.05) is 38.1 Å². The van der Waals surface area contributed by atoms with Gasteiger partial charge in [-0.05, 0) is 56.9 Å². The van der Waals surface area contributed by atoms with E-state index in [1.54, 1.807) is 0 Å². The van der Waals surface area contributed by atoms with Gasteiger partial charge in [0.25, 0.3) is 5.91 Å². The summed E-state index contributed by atoms with van der Waals surface area (Å²) in [5.41, 5.74) is 2.20. The van der Waals surface area contributed by atoms with Crippen LogP contribution in [0.3, 0.4) is 0 Å². The Morgan fingerprint density at radius 3 is 2.36 bits per heavy atom. The minimum absolute atomic E-state index is 0.0291. The number of hydrogen-bond acceptors (Lipinski definition) is 4.